The predicted octanol–water partition coefficient (Wildman–Crippen LogP) is 3.71. The second-order valence-corrected chi connectivity index (χ2v) is 6.07. The normalized spacial score (nSPS) is 15.5. The maximum atomic E-state index is 5.86. The second kappa shape index (κ2) is 7.77. The van der Waals surface area contributed by atoms with Crippen LogP contribution < -0.4 is 19.5 Å². The molecule has 0 spiro atoms. The quantitative estimate of drug-likeness (QED) is 0.864. The summed E-state index contributed by atoms with van der Waals surface area (Å²) in [6, 6.07) is 15.0. The van der Waals surface area contributed by atoms with Crippen molar-refractivity contribution in [3.05, 3.63) is 53.6 Å². The zero-order valence-electron chi connectivity index (χ0n) is 13.5. The van der Waals surface area contributed by atoms with Crippen LogP contribution in [0.4, 0.5) is 0 Å². The molecule has 1 heterocycles. The lowest BCUT2D eigenvalue weighted by Gasteiger charge is -2.19. The van der Waals surface area contributed by atoms with Gasteiger partial charge < -0.3 is 19.5 Å². The monoisotopic (exact) mass is 347 g/mol. The molecular formula is C19H22ClNO3. The van der Waals surface area contributed by atoms with Gasteiger partial charge in [0.2, 0.25) is 0 Å². The molecule has 1 aliphatic heterocycles. The molecule has 0 atom stereocenters. The first kappa shape index (κ1) is 16.9. The van der Waals surface area contributed by atoms with Crippen LogP contribution in [0.3, 0.4) is 0 Å². The summed E-state index contributed by atoms with van der Waals surface area (Å²) < 4.78 is 17.0. The largest absolute Gasteiger partial charge is 0.489 e. The van der Waals surface area contributed by atoms with Gasteiger partial charge >= 0.3 is 0 Å². The highest BCUT2D eigenvalue weighted by Crippen LogP contribution is 2.31. The van der Waals surface area contributed by atoms with E-state index in [1.54, 1.807) is 0 Å². The van der Waals surface area contributed by atoms with Crippen molar-refractivity contribution in [3.63, 3.8) is 0 Å². The van der Waals surface area contributed by atoms with Crippen LogP contribution >= 0.6 is 12.4 Å². The van der Waals surface area contributed by atoms with Crippen LogP contribution in [0, 0.1) is 0 Å². The molecule has 1 aliphatic carbocycles. The van der Waals surface area contributed by atoms with E-state index >= 15 is 0 Å². The lowest BCUT2D eigenvalue weighted by atomic mass is 10.2. The minimum absolute atomic E-state index is 0. The predicted molar refractivity (Wildman–Crippen MR) is 95.3 cm³/mol. The lowest BCUT2D eigenvalue weighted by molar-refractivity contribution is 0.171. The van der Waals surface area contributed by atoms with E-state index in [1.807, 2.05) is 30.3 Å². The Kier molecular flexibility index (Phi) is 5.48. The average molecular weight is 348 g/mol. The number of hydrogen-bond acceptors (Lipinski definition) is 4. The Morgan fingerprint density at radius 2 is 1.62 bits per heavy atom. The maximum absolute atomic E-state index is 5.86. The molecule has 5 heteroatoms. The van der Waals surface area contributed by atoms with Crippen LogP contribution in [-0.2, 0) is 13.2 Å². The molecule has 0 bridgehead atoms. The van der Waals surface area contributed by atoms with Gasteiger partial charge in [0.05, 0.1) is 0 Å². The summed E-state index contributed by atoms with van der Waals surface area (Å²) in [5, 5.41) is 3.51. The van der Waals surface area contributed by atoms with Gasteiger partial charge in [0, 0.05) is 12.6 Å². The Hall–Kier alpha value is -1.91. The van der Waals surface area contributed by atoms with Gasteiger partial charge in [0.15, 0.2) is 11.5 Å². The van der Waals surface area contributed by atoms with E-state index in [1.165, 1.54) is 18.4 Å². The molecule has 1 saturated carbocycles. The molecule has 2 aromatic carbocycles. The van der Waals surface area contributed by atoms with Crippen LogP contribution in [0.1, 0.15) is 24.0 Å². The Balaban J connectivity index is 0.00000169. The number of nitrogens with one attached hydrogen (secondary N) is 1. The summed E-state index contributed by atoms with van der Waals surface area (Å²) in [6.07, 6.45) is 2.63. The topological polar surface area (TPSA) is 39.7 Å². The number of fused-ring (bicyclic) bond motifs is 1. The molecule has 24 heavy (non-hydrogen) atoms. The smallest absolute Gasteiger partial charge is 0.161 e. The minimum atomic E-state index is 0. The van der Waals surface area contributed by atoms with Crippen LogP contribution in [0.2, 0.25) is 0 Å². The van der Waals surface area contributed by atoms with E-state index in [4.69, 9.17) is 14.2 Å². The van der Waals surface area contributed by atoms with Crippen molar-refractivity contribution in [1.29, 1.82) is 0 Å². The Bertz CT molecular complexity index is 671. The van der Waals surface area contributed by atoms with Crippen molar-refractivity contribution in [1.82, 2.24) is 5.32 Å². The van der Waals surface area contributed by atoms with E-state index in [2.05, 4.69) is 17.4 Å². The second-order valence-electron chi connectivity index (χ2n) is 6.07. The summed E-state index contributed by atoms with van der Waals surface area (Å²) in [7, 11) is 0. The molecule has 4 nitrogen and oxygen atoms in total. The first-order valence-electron chi connectivity index (χ1n) is 8.20. The van der Waals surface area contributed by atoms with Crippen molar-refractivity contribution in [2.75, 3.05) is 13.2 Å². The highest BCUT2D eigenvalue weighted by atomic mass is 35.5. The third-order valence-corrected chi connectivity index (χ3v) is 4.11. The summed E-state index contributed by atoms with van der Waals surface area (Å²) in [4.78, 5) is 0. The van der Waals surface area contributed by atoms with Gasteiger partial charge in [-0.2, -0.15) is 0 Å². The van der Waals surface area contributed by atoms with Crippen molar-refractivity contribution in [2.24, 2.45) is 0 Å². The highest BCUT2D eigenvalue weighted by molar-refractivity contribution is 5.85. The molecule has 0 saturated heterocycles. The SMILES string of the molecule is Cl.c1cc(OCc2ccc3c(c2)OCCO3)ccc1CNC1CC1. The maximum Gasteiger partial charge on any atom is 0.161 e. The third kappa shape index (κ3) is 4.34. The summed E-state index contributed by atoms with van der Waals surface area (Å²) >= 11 is 0. The van der Waals surface area contributed by atoms with Gasteiger partial charge in [-0.3, -0.25) is 0 Å². The zero-order valence-corrected chi connectivity index (χ0v) is 14.3. The average Bonchev–Trinajstić information content (AvgIpc) is 3.43. The third-order valence-electron chi connectivity index (χ3n) is 4.11. The van der Waals surface area contributed by atoms with Gasteiger partial charge in [-0.05, 0) is 48.2 Å². The van der Waals surface area contributed by atoms with Gasteiger partial charge in [0.1, 0.15) is 25.6 Å². The zero-order chi connectivity index (χ0) is 15.5. The lowest BCUT2D eigenvalue weighted by Crippen LogP contribution is -2.15. The van der Waals surface area contributed by atoms with E-state index in [-0.39, 0.29) is 12.4 Å². The van der Waals surface area contributed by atoms with E-state index in [0.717, 1.165) is 35.4 Å². The number of ether oxygens (including phenoxy) is 3. The van der Waals surface area contributed by atoms with Crippen LogP contribution in [0.25, 0.3) is 0 Å². The minimum Gasteiger partial charge on any atom is -0.489 e. The Morgan fingerprint density at radius 3 is 2.38 bits per heavy atom. The number of hydrogen-bond donors (Lipinski definition) is 1. The van der Waals surface area contributed by atoms with Crippen LogP contribution in [-0.4, -0.2) is 19.3 Å². The Morgan fingerprint density at radius 1 is 0.917 bits per heavy atom. The fourth-order valence-electron chi connectivity index (χ4n) is 2.60. The fraction of sp³-hybridized carbons (Fsp3) is 0.368. The molecule has 0 unspecified atom stereocenters. The highest BCUT2D eigenvalue weighted by Gasteiger charge is 2.19. The van der Waals surface area contributed by atoms with Crippen molar-refractivity contribution in [2.45, 2.75) is 32.0 Å². The summed E-state index contributed by atoms with van der Waals surface area (Å²) in [6.45, 7) is 2.68. The molecule has 1 fully saturated rings. The van der Waals surface area contributed by atoms with Crippen LogP contribution in [0.5, 0.6) is 17.2 Å². The van der Waals surface area contributed by atoms with E-state index < -0.39 is 0 Å². The van der Waals surface area contributed by atoms with Gasteiger partial charge in [0.25, 0.3) is 0 Å². The van der Waals surface area contributed by atoms with Crippen LogP contribution in [0.15, 0.2) is 42.5 Å². The van der Waals surface area contributed by atoms with Crippen molar-refractivity contribution < 1.29 is 14.2 Å². The first-order valence-corrected chi connectivity index (χ1v) is 8.20. The number of rotatable bonds is 6. The molecule has 128 valence electrons. The molecule has 0 radical (unpaired) electrons. The van der Waals surface area contributed by atoms with E-state index in [0.29, 0.717) is 19.8 Å². The first-order chi connectivity index (χ1) is 11.4. The van der Waals surface area contributed by atoms with Gasteiger partial charge in [-0.1, -0.05) is 18.2 Å². The van der Waals surface area contributed by atoms with Crippen molar-refractivity contribution >= 4 is 12.4 Å². The standard InChI is InChI=1S/C19H21NO3.ClH/c1-6-17(7-2-14(1)12-20-16-4-5-16)23-13-15-3-8-18-19(11-15)22-10-9-21-18;/h1-3,6-8,11,16,20H,4-5,9-10,12-13H2;1H. The Labute approximate surface area is 148 Å². The molecule has 2 aromatic rings. The molecular weight excluding hydrogens is 326 g/mol. The van der Waals surface area contributed by atoms with Crippen molar-refractivity contribution in [3.8, 4) is 17.2 Å². The number of benzene rings is 2. The summed E-state index contributed by atoms with van der Waals surface area (Å²) in [5.41, 5.74) is 2.37. The summed E-state index contributed by atoms with van der Waals surface area (Å²) in [5.74, 6) is 2.50. The molecule has 1 N–H and O–H groups in total. The fourth-order valence-corrected chi connectivity index (χ4v) is 2.60. The van der Waals surface area contributed by atoms with Gasteiger partial charge in [-0.25, -0.2) is 0 Å². The van der Waals surface area contributed by atoms with E-state index in [9.17, 15) is 0 Å². The molecule has 0 amide bonds. The molecule has 4 rings (SSSR count). The van der Waals surface area contributed by atoms with Gasteiger partial charge in [-0.15, -0.1) is 12.4 Å². The molecule has 0 aromatic heterocycles. The molecule has 2 aliphatic rings. The number of halogens is 1.